The van der Waals surface area contributed by atoms with E-state index in [4.69, 9.17) is 4.74 Å². The monoisotopic (exact) mass is 429 g/mol. The van der Waals surface area contributed by atoms with Gasteiger partial charge in [0.15, 0.2) is 0 Å². The summed E-state index contributed by atoms with van der Waals surface area (Å²) in [6.07, 6.45) is 1.92. The topological polar surface area (TPSA) is 54.6 Å². The smallest absolute Gasteiger partial charge is 0.120 e. The molecule has 0 amide bonds. The molecule has 0 spiro atoms. The number of hydrogen-bond acceptors (Lipinski definition) is 3. The molecule has 0 saturated heterocycles. The van der Waals surface area contributed by atoms with Crippen molar-refractivity contribution < 1.29 is 14.9 Å². The Balaban J connectivity index is 1.74. The molecule has 32 heavy (non-hydrogen) atoms. The van der Waals surface area contributed by atoms with Crippen LogP contribution in [-0.4, -0.2) is 20.4 Å². The first-order valence-electron chi connectivity index (χ1n) is 11.2. The van der Waals surface area contributed by atoms with Crippen molar-refractivity contribution in [3.63, 3.8) is 0 Å². The summed E-state index contributed by atoms with van der Waals surface area (Å²) < 4.78 is 8.51. The molecule has 0 aliphatic carbocycles. The summed E-state index contributed by atoms with van der Waals surface area (Å²) in [5.74, 6) is 1.39. The van der Waals surface area contributed by atoms with Crippen LogP contribution >= 0.6 is 0 Å². The molecule has 4 aromatic rings. The fourth-order valence-corrected chi connectivity index (χ4v) is 4.19. The van der Waals surface area contributed by atoms with E-state index in [9.17, 15) is 10.2 Å². The van der Waals surface area contributed by atoms with E-state index < -0.39 is 0 Å². The van der Waals surface area contributed by atoms with Gasteiger partial charge in [-0.2, -0.15) is 0 Å². The van der Waals surface area contributed by atoms with Crippen LogP contribution in [0.15, 0.2) is 66.7 Å². The van der Waals surface area contributed by atoms with Crippen molar-refractivity contribution in [1.82, 2.24) is 4.57 Å². The zero-order chi connectivity index (χ0) is 22.9. The number of aryl methyl sites for hydroxylation is 1. The summed E-state index contributed by atoms with van der Waals surface area (Å²) in [7, 11) is 0. The Hall–Kier alpha value is -3.40. The number of hydrogen-bond donors (Lipinski definition) is 2. The lowest BCUT2D eigenvalue weighted by atomic mass is 10.00. The zero-order valence-electron chi connectivity index (χ0n) is 19.2. The first-order chi connectivity index (χ1) is 15.3. The summed E-state index contributed by atoms with van der Waals surface area (Å²) in [6.45, 7) is 9.22. The average Bonchev–Trinajstić information content (AvgIpc) is 3.06. The Morgan fingerprint density at radius 2 is 1.47 bits per heavy atom. The Morgan fingerprint density at radius 1 is 0.844 bits per heavy atom. The molecule has 0 aliphatic heterocycles. The van der Waals surface area contributed by atoms with Crippen molar-refractivity contribution in [1.29, 1.82) is 0 Å². The van der Waals surface area contributed by atoms with Gasteiger partial charge in [0.05, 0.1) is 5.69 Å². The molecule has 0 fully saturated rings. The SMILES string of the molecule is CCC(C)(CC)Oc1ccc(Cn2c(-c3ccc(O)cc3)c(C)c3cc(O)ccc32)cc1. The number of phenols is 2. The molecule has 3 aromatic carbocycles. The highest BCUT2D eigenvalue weighted by atomic mass is 16.5. The second-order valence-electron chi connectivity index (χ2n) is 8.71. The third kappa shape index (κ3) is 4.18. The van der Waals surface area contributed by atoms with E-state index in [-0.39, 0.29) is 17.1 Å². The van der Waals surface area contributed by atoms with E-state index >= 15 is 0 Å². The molecule has 0 atom stereocenters. The normalized spacial score (nSPS) is 11.8. The van der Waals surface area contributed by atoms with Gasteiger partial charge in [-0.3, -0.25) is 0 Å². The first kappa shape index (κ1) is 21.8. The molecule has 0 saturated carbocycles. The van der Waals surface area contributed by atoms with Gasteiger partial charge >= 0.3 is 0 Å². The van der Waals surface area contributed by atoms with E-state index in [2.05, 4.69) is 44.4 Å². The Kier molecular flexibility index (Phi) is 5.88. The number of aromatic nitrogens is 1. The van der Waals surface area contributed by atoms with Crippen LogP contribution in [0.3, 0.4) is 0 Å². The number of phenolic OH excluding ortho intramolecular Hbond substituents is 2. The molecule has 2 N–H and O–H groups in total. The van der Waals surface area contributed by atoms with Crippen LogP contribution in [-0.2, 0) is 6.54 Å². The van der Waals surface area contributed by atoms with Gasteiger partial charge in [-0.15, -0.1) is 0 Å². The van der Waals surface area contributed by atoms with Crippen molar-refractivity contribution in [3.05, 3.63) is 77.9 Å². The minimum atomic E-state index is -0.150. The summed E-state index contributed by atoms with van der Waals surface area (Å²) >= 11 is 0. The molecule has 1 aromatic heterocycles. The van der Waals surface area contributed by atoms with Crippen LogP contribution < -0.4 is 4.74 Å². The predicted molar refractivity (Wildman–Crippen MR) is 131 cm³/mol. The van der Waals surface area contributed by atoms with E-state index in [0.29, 0.717) is 6.54 Å². The number of fused-ring (bicyclic) bond motifs is 1. The van der Waals surface area contributed by atoms with Crippen LogP contribution in [0.4, 0.5) is 0 Å². The summed E-state index contributed by atoms with van der Waals surface area (Å²) in [5.41, 5.74) is 5.28. The highest BCUT2D eigenvalue weighted by molar-refractivity contribution is 5.92. The van der Waals surface area contributed by atoms with E-state index in [1.807, 2.05) is 36.4 Å². The number of ether oxygens (including phenoxy) is 1. The van der Waals surface area contributed by atoms with Crippen LogP contribution in [0.25, 0.3) is 22.2 Å². The molecule has 1 heterocycles. The maximum absolute atomic E-state index is 10.1. The molecule has 4 heteroatoms. The van der Waals surface area contributed by atoms with Crippen molar-refractivity contribution in [2.45, 2.75) is 52.7 Å². The van der Waals surface area contributed by atoms with Crippen LogP contribution in [0, 0.1) is 6.92 Å². The van der Waals surface area contributed by atoms with Gasteiger partial charge in [0.2, 0.25) is 0 Å². The van der Waals surface area contributed by atoms with Gasteiger partial charge in [-0.1, -0.05) is 26.0 Å². The fourth-order valence-electron chi connectivity index (χ4n) is 4.19. The van der Waals surface area contributed by atoms with Crippen molar-refractivity contribution in [2.75, 3.05) is 0 Å². The Morgan fingerprint density at radius 3 is 2.09 bits per heavy atom. The maximum atomic E-state index is 10.1. The summed E-state index contributed by atoms with van der Waals surface area (Å²) in [4.78, 5) is 0. The number of benzene rings is 3. The second-order valence-corrected chi connectivity index (χ2v) is 8.71. The molecule has 4 nitrogen and oxygen atoms in total. The molecule has 0 bridgehead atoms. The molecular formula is C28H31NO3. The quantitative estimate of drug-likeness (QED) is 0.331. The van der Waals surface area contributed by atoms with Gasteiger partial charge in [-0.05, 0) is 98.0 Å². The minimum Gasteiger partial charge on any atom is -0.508 e. The lowest BCUT2D eigenvalue weighted by Crippen LogP contribution is -2.30. The molecular weight excluding hydrogens is 398 g/mol. The van der Waals surface area contributed by atoms with E-state index in [1.54, 1.807) is 18.2 Å². The van der Waals surface area contributed by atoms with Crippen LogP contribution in [0.2, 0.25) is 0 Å². The summed E-state index contributed by atoms with van der Waals surface area (Å²) in [5, 5.41) is 20.8. The molecule has 0 unspecified atom stereocenters. The van der Waals surface area contributed by atoms with Gasteiger partial charge in [0, 0.05) is 17.4 Å². The van der Waals surface area contributed by atoms with Gasteiger partial charge < -0.3 is 19.5 Å². The van der Waals surface area contributed by atoms with Gasteiger partial charge in [-0.25, -0.2) is 0 Å². The predicted octanol–water partition coefficient (Wildman–Crippen LogP) is 7.03. The van der Waals surface area contributed by atoms with Crippen molar-refractivity contribution >= 4 is 10.9 Å². The highest BCUT2D eigenvalue weighted by Gasteiger charge is 2.21. The third-order valence-corrected chi connectivity index (χ3v) is 6.56. The van der Waals surface area contributed by atoms with Crippen LogP contribution in [0.5, 0.6) is 17.2 Å². The van der Waals surface area contributed by atoms with E-state index in [1.165, 1.54) is 0 Å². The molecule has 4 rings (SSSR count). The lowest BCUT2D eigenvalue weighted by molar-refractivity contribution is 0.0803. The van der Waals surface area contributed by atoms with Crippen molar-refractivity contribution in [3.8, 4) is 28.5 Å². The largest absolute Gasteiger partial charge is 0.508 e. The third-order valence-electron chi connectivity index (χ3n) is 6.56. The fraction of sp³-hybridized carbons (Fsp3) is 0.286. The molecule has 166 valence electrons. The van der Waals surface area contributed by atoms with Crippen LogP contribution in [0.1, 0.15) is 44.7 Å². The lowest BCUT2D eigenvalue weighted by Gasteiger charge is -2.28. The Bertz CT molecular complexity index is 1220. The second kappa shape index (κ2) is 8.62. The highest BCUT2D eigenvalue weighted by Crippen LogP contribution is 2.36. The molecule has 0 radical (unpaired) electrons. The summed E-state index contributed by atoms with van der Waals surface area (Å²) in [6, 6.07) is 21.1. The standard InChI is InChI=1S/C28H31NO3/c1-5-28(4,6-2)32-24-14-7-20(8-15-24)18-29-26-16-13-23(31)17-25(26)19(3)27(29)21-9-11-22(30)12-10-21/h7-17,30-31H,5-6,18H2,1-4H3. The maximum Gasteiger partial charge on any atom is 0.120 e. The molecule has 0 aliphatic rings. The average molecular weight is 430 g/mol. The number of nitrogens with zero attached hydrogens (tertiary/aromatic N) is 1. The number of rotatable bonds is 7. The number of aromatic hydroxyl groups is 2. The van der Waals surface area contributed by atoms with Gasteiger partial charge in [0.25, 0.3) is 0 Å². The first-order valence-corrected chi connectivity index (χ1v) is 11.2. The Labute approximate surface area is 189 Å². The van der Waals surface area contributed by atoms with E-state index in [0.717, 1.165) is 51.9 Å². The zero-order valence-corrected chi connectivity index (χ0v) is 19.2. The van der Waals surface area contributed by atoms with Gasteiger partial charge in [0.1, 0.15) is 22.8 Å². The van der Waals surface area contributed by atoms with Crippen molar-refractivity contribution in [2.24, 2.45) is 0 Å². The minimum absolute atomic E-state index is 0.150.